The maximum Gasteiger partial charge on any atom is 0.255 e. The number of ether oxygens (including phenoxy) is 1. The lowest BCUT2D eigenvalue weighted by Crippen LogP contribution is -2.13. The minimum Gasteiger partial charge on any atom is -0.497 e. The van der Waals surface area contributed by atoms with Crippen LogP contribution in [0, 0.1) is 0 Å². The lowest BCUT2D eigenvalue weighted by molar-refractivity contribution is -0.116. The number of nitrogens with one attached hydrogen (secondary N) is 2. The van der Waals surface area contributed by atoms with E-state index in [-0.39, 0.29) is 11.8 Å². The predicted molar refractivity (Wildman–Crippen MR) is 100 cm³/mol. The Hall–Kier alpha value is -2.82. The maximum absolute atomic E-state index is 12.2. The highest BCUT2D eigenvalue weighted by atomic mass is 16.5. The lowest BCUT2D eigenvalue weighted by atomic mass is 10.1. The lowest BCUT2D eigenvalue weighted by Gasteiger charge is -2.08. The Balaban J connectivity index is 1.89. The third kappa shape index (κ3) is 5.95. The van der Waals surface area contributed by atoms with Crippen LogP contribution < -0.4 is 15.4 Å². The maximum atomic E-state index is 12.2. The molecule has 0 fully saturated rings. The summed E-state index contributed by atoms with van der Waals surface area (Å²) in [4.78, 5) is 24.0. The summed E-state index contributed by atoms with van der Waals surface area (Å²) in [5.41, 5.74) is 1.92. The third-order valence-electron chi connectivity index (χ3n) is 3.79. The molecule has 5 nitrogen and oxygen atoms in total. The van der Waals surface area contributed by atoms with Crippen LogP contribution in [0.4, 0.5) is 11.4 Å². The minimum atomic E-state index is -0.203. The fourth-order valence-corrected chi connectivity index (χ4v) is 2.34. The zero-order valence-electron chi connectivity index (χ0n) is 14.7. The Bertz CT molecular complexity index is 694. The van der Waals surface area contributed by atoms with E-state index < -0.39 is 0 Å². The largest absolute Gasteiger partial charge is 0.497 e. The molecule has 2 aromatic rings. The number of anilines is 2. The van der Waals surface area contributed by atoms with E-state index in [2.05, 4.69) is 17.6 Å². The minimum absolute atomic E-state index is 0.00360. The van der Waals surface area contributed by atoms with Crippen molar-refractivity contribution in [3.8, 4) is 5.75 Å². The van der Waals surface area contributed by atoms with Gasteiger partial charge in [0.05, 0.1) is 7.11 Å². The highest BCUT2D eigenvalue weighted by Crippen LogP contribution is 2.17. The molecule has 2 aromatic carbocycles. The van der Waals surface area contributed by atoms with E-state index >= 15 is 0 Å². The molecule has 0 saturated heterocycles. The van der Waals surface area contributed by atoms with Gasteiger partial charge in [-0.3, -0.25) is 9.59 Å². The van der Waals surface area contributed by atoms with Crippen LogP contribution in [0.3, 0.4) is 0 Å². The van der Waals surface area contributed by atoms with E-state index in [1.807, 2.05) is 0 Å². The van der Waals surface area contributed by atoms with E-state index in [4.69, 9.17) is 4.74 Å². The second-order valence-corrected chi connectivity index (χ2v) is 5.77. The van der Waals surface area contributed by atoms with Crippen molar-refractivity contribution in [2.45, 2.75) is 32.6 Å². The average Bonchev–Trinajstić information content (AvgIpc) is 2.63. The van der Waals surface area contributed by atoms with Crippen molar-refractivity contribution in [3.63, 3.8) is 0 Å². The fraction of sp³-hybridized carbons (Fsp3) is 0.300. The van der Waals surface area contributed by atoms with Gasteiger partial charge in [-0.1, -0.05) is 19.8 Å². The summed E-state index contributed by atoms with van der Waals surface area (Å²) in [6.07, 6.45) is 3.56. The molecule has 0 spiro atoms. The molecule has 0 aliphatic rings. The van der Waals surface area contributed by atoms with Crippen LogP contribution in [0.1, 0.15) is 43.0 Å². The molecule has 0 radical (unpaired) electrons. The van der Waals surface area contributed by atoms with E-state index in [9.17, 15) is 9.59 Å². The van der Waals surface area contributed by atoms with Crippen molar-refractivity contribution in [1.82, 2.24) is 0 Å². The predicted octanol–water partition coefficient (Wildman–Crippen LogP) is 4.47. The van der Waals surface area contributed by atoms with Gasteiger partial charge in [0.2, 0.25) is 5.91 Å². The van der Waals surface area contributed by atoms with Gasteiger partial charge in [0, 0.05) is 23.4 Å². The highest BCUT2D eigenvalue weighted by Gasteiger charge is 2.07. The molecule has 0 saturated carbocycles. The third-order valence-corrected chi connectivity index (χ3v) is 3.79. The number of hydrogen-bond acceptors (Lipinski definition) is 3. The Morgan fingerprint density at radius 3 is 2.08 bits per heavy atom. The van der Waals surface area contributed by atoms with Crippen LogP contribution >= 0.6 is 0 Å². The SMILES string of the molecule is CCCCCC(=O)Nc1ccc(C(=O)Nc2ccc(OC)cc2)cc1. The number of rotatable bonds is 8. The van der Waals surface area contributed by atoms with Crippen molar-refractivity contribution in [3.05, 3.63) is 54.1 Å². The van der Waals surface area contributed by atoms with Gasteiger partial charge in [0.1, 0.15) is 5.75 Å². The zero-order valence-corrected chi connectivity index (χ0v) is 14.7. The van der Waals surface area contributed by atoms with E-state index in [0.717, 1.165) is 25.0 Å². The molecule has 25 heavy (non-hydrogen) atoms. The molecular formula is C20H24N2O3. The molecule has 132 valence electrons. The second-order valence-electron chi connectivity index (χ2n) is 5.77. The summed E-state index contributed by atoms with van der Waals surface area (Å²) in [5.74, 6) is 0.534. The molecule has 0 heterocycles. The Morgan fingerprint density at radius 2 is 1.48 bits per heavy atom. The van der Waals surface area contributed by atoms with Crippen LogP contribution in [0.5, 0.6) is 5.75 Å². The van der Waals surface area contributed by atoms with Crippen LogP contribution in [-0.2, 0) is 4.79 Å². The normalized spacial score (nSPS) is 10.2. The Kier molecular flexibility index (Phi) is 7.01. The number of unbranched alkanes of at least 4 members (excludes halogenated alkanes) is 2. The van der Waals surface area contributed by atoms with Crippen LogP contribution in [0.25, 0.3) is 0 Å². The molecule has 5 heteroatoms. The molecule has 0 aromatic heterocycles. The summed E-state index contributed by atoms with van der Waals surface area (Å²) in [5, 5.41) is 5.67. The first kappa shape index (κ1) is 18.5. The standard InChI is InChI=1S/C20H24N2O3/c1-3-4-5-6-19(23)21-16-9-7-15(8-10-16)20(24)22-17-11-13-18(25-2)14-12-17/h7-14H,3-6H2,1-2H3,(H,21,23)(H,22,24). The molecule has 0 atom stereocenters. The van der Waals surface area contributed by atoms with Crippen molar-refractivity contribution in [2.24, 2.45) is 0 Å². The summed E-state index contributed by atoms with van der Waals surface area (Å²) in [6, 6.07) is 14.0. The monoisotopic (exact) mass is 340 g/mol. The number of methoxy groups -OCH3 is 1. The quantitative estimate of drug-likeness (QED) is 0.697. The molecule has 0 unspecified atom stereocenters. The number of benzene rings is 2. The fourth-order valence-electron chi connectivity index (χ4n) is 2.34. The van der Waals surface area contributed by atoms with E-state index in [1.54, 1.807) is 55.6 Å². The van der Waals surface area contributed by atoms with Gasteiger partial charge in [0.25, 0.3) is 5.91 Å². The number of hydrogen-bond donors (Lipinski definition) is 2. The van der Waals surface area contributed by atoms with Crippen molar-refractivity contribution in [1.29, 1.82) is 0 Å². The molecule has 2 amide bonds. The first-order valence-corrected chi connectivity index (χ1v) is 8.47. The van der Waals surface area contributed by atoms with Crippen LogP contribution in [-0.4, -0.2) is 18.9 Å². The smallest absolute Gasteiger partial charge is 0.255 e. The molecule has 0 bridgehead atoms. The molecule has 0 aliphatic carbocycles. The zero-order chi connectivity index (χ0) is 18.1. The first-order chi connectivity index (χ1) is 12.1. The van der Waals surface area contributed by atoms with Crippen molar-refractivity contribution < 1.29 is 14.3 Å². The Labute approximate surface area is 148 Å². The van der Waals surface area contributed by atoms with Gasteiger partial charge < -0.3 is 15.4 Å². The Morgan fingerprint density at radius 1 is 0.880 bits per heavy atom. The van der Waals surface area contributed by atoms with E-state index in [1.165, 1.54) is 0 Å². The number of carbonyl (C=O) groups is 2. The highest BCUT2D eigenvalue weighted by molar-refractivity contribution is 6.04. The molecule has 2 N–H and O–H groups in total. The van der Waals surface area contributed by atoms with E-state index in [0.29, 0.717) is 23.4 Å². The van der Waals surface area contributed by atoms with Gasteiger partial charge in [-0.2, -0.15) is 0 Å². The van der Waals surface area contributed by atoms with Gasteiger partial charge in [-0.15, -0.1) is 0 Å². The van der Waals surface area contributed by atoms with Gasteiger partial charge in [-0.25, -0.2) is 0 Å². The first-order valence-electron chi connectivity index (χ1n) is 8.47. The summed E-state index contributed by atoms with van der Waals surface area (Å²) in [7, 11) is 1.59. The van der Waals surface area contributed by atoms with Gasteiger partial charge in [-0.05, 0) is 55.0 Å². The van der Waals surface area contributed by atoms with Crippen LogP contribution in [0.15, 0.2) is 48.5 Å². The van der Waals surface area contributed by atoms with Crippen LogP contribution in [0.2, 0.25) is 0 Å². The summed E-state index contributed by atoms with van der Waals surface area (Å²) in [6.45, 7) is 2.10. The van der Waals surface area contributed by atoms with Gasteiger partial charge in [0.15, 0.2) is 0 Å². The number of amides is 2. The molecular weight excluding hydrogens is 316 g/mol. The number of carbonyl (C=O) groups excluding carboxylic acids is 2. The van der Waals surface area contributed by atoms with Crippen molar-refractivity contribution in [2.75, 3.05) is 17.7 Å². The average molecular weight is 340 g/mol. The summed E-state index contributed by atoms with van der Waals surface area (Å²) >= 11 is 0. The molecule has 2 rings (SSSR count). The summed E-state index contributed by atoms with van der Waals surface area (Å²) < 4.78 is 5.09. The topological polar surface area (TPSA) is 67.4 Å². The second kappa shape index (κ2) is 9.47. The van der Waals surface area contributed by atoms with Crippen molar-refractivity contribution >= 4 is 23.2 Å². The van der Waals surface area contributed by atoms with Gasteiger partial charge >= 0.3 is 0 Å². The molecule has 0 aliphatic heterocycles.